The molecule has 0 amide bonds. The van der Waals surface area contributed by atoms with Gasteiger partial charge in [0.1, 0.15) is 0 Å². The molecule has 0 aromatic carbocycles. The first-order valence-corrected chi connectivity index (χ1v) is 8.20. The molecule has 1 N–H and O–H groups in total. The first kappa shape index (κ1) is 12.8. The number of hydrogen-bond acceptors (Lipinski definition) is 2. The quantitative estimate of drug-likeness (QED) is 0.733. The summed E-state index contributed by atoms with van der Waals surface area (Å²) in [5, 5.41) is 10.9. The first-order valence-electron chi connectivity index (χ1n) is 8.20. The minimum Gasteiger partial charge on any atom is -0.390 e. The van der Waals surface area contributed by atoms with Crippen molar-refractivity contribution in [3.05, 3.63) is 23.8 Å². The molecule has 0 radical (unpaired) electrons. The van der Waals surface area contributed by atoms with Gasteiger partial charge in [-0.05, 0) is 68.4 Å². The Morgan fingerprint density at radius 3 is 2.90 bits per heavy atom. The van der Waals surface area contributed by atoms with Crippen molar-refractivity contribution in [1.29, 1.82) is 0 Å². The van der Waals surface area contributed by atoms with E-state index in [0.29, 0.717) is 17.8 Å². The van der Waals surface area contributed by atoms with Crippen molar-refractivity contribution < 1.29 is 9.90 Å². The zero-order valence-corrected chi connectivity index (χ0v) is 12.3. The Labute approximate surface area is 120 Å². The Kier molecular flexibility index (Phi) is 2.61. The van der Waals surface area contributed by atoms with Crippen molar-refractivity contribution in [2.45, 2.75) is 57.5 Å². The maximum Gasteiger partial charge on any atom is 0.178 e. The third-order valence-electron chi connectivity index (χ3n) is 6.86. The second-order valence-electron chi connectivity index (χ2n) is 7.64. The summed E-state index contributed by atoms with van der Waals surface area (Å²) in [6.45, 7) is 2.32. The predicted octanol–water partition coefficient (Wildman–Crippen LogP) is 3.41. The maximum atomic E-state index is 11.7. The number of fused-ring (bicyclic) bond motifs is 5. The summed E-state index contributed by atoms with van der Waals surface area (Å²) in [6, 6.07) is 0. The number of rotatable bonds is 0. The van der Waals surface area contributed by atoms with Crippen LogP contribution in [0.3, 0.4) is 0 Å². The zero-order valence-electron chi connectivity index (χ0n) is 12.3. The molecule has 3 fully saturated rings. The van der Waals surface area contributed by atoms with Gasteiger partial charge in [0.15, 0.2) is 5.78 Å². The Hall–Kier alpha value is -0.890. The van der Waals surface area contributed by atoms with Gasteiger partial charge in [-0.2, -0.15) is 0 Å². The summed E-state index contributed by atoms with van der Waals surface area (Å²) in [4.78, 5) is 11.7. The van der Waals surface area contributed by atoms with Crippen molar-refractivity contribution in [2.24, 2.45) is 23.2 Å². The number of allylic oxidation sites excluding steroid dienone is 4. The maximum absolute atomic E-state index is 11.7. The van der Waals surface area contributed by atoms with E-state index in [4.69, 9.17) is 0 Å². The van der Waals surface area contributed by atoms with Gasteiger partial charge < -0.3 is 5.11 Å². The van der Waals surface area contributed by atoms with E-state index in [-0.39, 0.29) is 16.8 Å². The van der Waals surface area contributed by atoms with Gasteiger partial charge in [-0.3, -0.25) is 4.79 Å². The van der Waals surface area contributed by atoms with E-state index in [1.807, 2.05) is 6.08 Å². The van der Waals surface area contributed by atoms with E-state index < -0.39 is 0 Å². The third kappa shape index (κ3) is 1.57. The lowest BCUT2D eigenvalue weighted by Crippen LogP contribution is -2.51. The molecular formula is C18H24O2. The normalized spacial score (nSPS) is 50.2. The van der Waals surface area contributed by atoms with Gasteiger partial charge in [-0.25, -0.2) is 0 Å². The van der Waals surface area contributed by atoms with Crippen LogP contribution in [0.5, 0.6) is 0 Å². The topological polar surface area (TPSA) is 37.3 Å². The number of aliphatic hydroxyl groups is 1. The molecular weight excluding hydrogens is 248 g/mol. The molecule has 0 unspecified atom stereocenters. The average Bonchev–Trinajstić information content (AvgIpc) is 2.81. The Bertz CT molecular complexity index is 518. The summed E-state index contributed by atoms with van der Waals surface area (Å²) < 4.78 is 0. The van der Waals surface area contributed by atoms with E-state index in [0.717, 1.165) is 25.7 Å². The second kappa shape index (κ2) is 4.07. The van der Waals surface area contributed by atoms with E-state index in [1.54, 1.807) is 6.08 Å². The van der Waals surface area contributed by atoms with Crippen LogP contribution in [0.25, 0.3) is 0 Å². The highest BCUT2D eigenvalue weighted by Crippen LogP contribution is 2.61. The van der Waals surface area contributed by atoms with Crippen LogP contribution in [0.1, 0.15) is 51.9 Å². The van der Waals surface area contributed by atoms with Gasteiger partial charge in [0.05, 0.1) is 5.60 Å². The molecule has 4 aliphatic rings. The van der Waals surface area contributed by atoms with Gasteiger partial charge in [0.25, 0.3) is 0 Å². The van der Waals surface area contributed by atoms with Crippen molar-refractivity contribution in [3.8, 4) is 0 Å². The summed E-state index contributed by atoms with van der Waals surface area (Å²) in [5.74, 6) is 1.93. The first-order chi connectivity index (χ1) is 9.53. The van der Waals surface area contributed by atoms with Gasteiger partial charge >= 0.3 is 0 Å². The van der Waals surface area contributed by atoms with E-state index in [2.05, 4.69) is 13.0 Å². The molecule has 108 valence electrons. The highest BCUT2D eigenvalue weighted by Gasteiger charge is 2.56. The van der Waals surface area contributed by atoms with Crippen molar-refractivity contribution in [2.75, 3.05) is 0 Å². The SMILES string of the molecule is C[C@]12C=CC(=O)C=C1CC[C@H]1[C@@H]3CCC[C@@]3(O)CC[C@@H]12. The average molecular weight is 272 g/mol. The van der Waals surface area contributed by atoms with E-state index in [9.17, 15) is 9.90 Å². The monoisotopic (exact) mass is 272 g/mol. The van der Waals surface area contributed by atoms with Crippen LogP contribution < -0.4 is 0 Å². The lowest BCUT2D eigenvalue weighted by Gasteiger charge is -2.55. The van der Waals surface area contributed by atoms with Gasteiger partial charge in [-0.1, -0.05) is 25.0 Å². The smallest absolute Gasteiger partial charge is 0.178 e. The standard InChI is InChI=1S/C18H24O2/c1-17-9-6-13(19)11-12(17)4-5-14-15(17)7-10-18(20)8-2-3-16(14)18/h6,9,11,14-16,20H,2-5,7-8,10H2,1H3/t14-,15+,16+,17+,18-/m1/s1. The van der Waals surface area contributed by atoms with Crippen molar-refractivity contribution in [1.82, 2.24) is 0 Å². The second-order valence-corrected chi connectivity index (χ2v) is 7.64. The van der Waals surface area contributed by atoms with Gasteiger partial charge in [0.2, 0.25) is 0 Å². The molecule has 0 aromatic heterocycles. The van der Waals surface area contributed by atoms with E-state index in [1.165, 1.54) is 24.8 Å². The third-order valence-corrected chi connectivity index (χ3v) is 6.86. The van der Waals surface area contributed by atoms with Crippen LogP contribution >= 0.6 is 0 Å². The fourth-order valence-corrected chi connectivity index (χ4v) is 5.82. The molecule has 0 bridgehead atoms. The van der Waals surface area contributed by atoms with Crippen LogP contribution in [0.4, 0.5) is 0 Å². The molecule has 4 aliphatic carbocycles. The molecule has 5 atom stereocenters. The summed E-state index contributed by atoms with van der Waals surface area (Å²) in [7, 11) is 0. The van der Waals surface area contributed by atoms with Crippen LogP contribution in [0, 0.1) is 23.2 Å². The summed E-state index contributed by atoms with van der Waals surface area (Å²) >= 11 is 0. The Morgan fingerprint density at radius 2 is 2.05 bits per heavy atom. The zero-order chi connectivity index (χ0) is 14.0. The lowest BCUT2D eigenvalue weighted by molar-refractivity contribution is -0.112. The molecule has 0 heterocycles. The summed E-state index contributed by atoms with van der Waals surface area (Å²) in [6.07, 6.45) is 13.5. The van der Waals surface area contributed by atoms with Crippen LogP contribution in [0.2, 0.25) is 0 Å². The molecule has 0 saturated heterocycles. The Morgan fingerprint density at radius 1 is 1.20 bits per heavy atom. The molecule has 0 spiro atoms. The number of hydrogen-bond donors (Lipinski definition) is 1. The molecule has 20 heavy (non-hydrogen) atoms. The molecule has 2 heteroatoms. The fraction of sp³-hybridized carbons (Fsp3) is 0.722. The van der Waals surface area contributed by atoms with Gasteiger partial charge in [-0.15, -0.1) is 0 Å². The van der Waals surface area contributed by atoms with E-state index >= 15 is 0 Å². The predicted molar refractivity (Wildman–Crippen MR) is 78.1 cm³/mol. The minimum absolute atomic E-state index is 0.0702. The van der Waals surface area contributed by atoms with Crippen molar-refractivity contribution in [3.63, 3.8) is 0 Å². The minimum atomic E-state index is -0.368. The molecule has 0 aliphatic heterocycles. The number of ketones is 1. The van der Waals surface area contributed by atoms with Crippen LogP contribution in [0.15, 0.2) is 23.8 Å². The van der Waals surface area contributed by atoms with Crippen LogP contribution in [-0.4, -0.2) is 16.5 Å². The van der Waals surface area contributed by atoms with Crippen LogP contribution in [-0.2, 0) is 4.79 Å². The van der Waals surface area contributed by atoms with Gasteiger partial charge in [0, 0.05) is 5.41 Å². The lowest BCUT2D eigenvalue weighted by atomic mass is 9.50. The number of carbonyl (C=O) groups excluding carboxylic acids is 1. The Balaban J connectivity index is 1.71. The number of carbonyl (C=O) groups is 1. The molecule has 2 nitrogen and oxygen atoms in total. The molecule has 3 saturated carbocycles. The summed E-state index contributed by atoms with van der Waals surface area (Å²) in [5.41, 5.74) is 1.04. The largest absolute Gasteiger partial charge is 0.390 e. The molecule has 0 aromatic rings. The highest BCUT2D eigenvalue weighted by molar-refractivity contribution is 6.01. The molecule has 4 rings (SSSR count). The van der Waals surface area contributed by atoms with Crippen molar-refractivity contribution >= 4 is 5.78 Å². The fourth-order valence-electron chi connectivity index (χ4n) is 5.82. The highest BCUT2D eigenvalue weighted by atomic mass is 16.3.